The summed E-state index contributed by atoms with van der Waals surface area (Å²) >= 11 is 0. The highest BCUT2D eigenvalue weighted by Crippen LogP contribution is 2.28. The van der Waals surface area contributed by atoms with Gasteiger partial charge in [-0.15, -0.1) is 24.0 Å². The second-order valence-electron chi connectivity index (χ2n) is 5.10. The standard InChI is InChI=1S/C13H28N4O3S.HI/c1-3-21(18,19)17-9-8-16-13(14-2)15-7-4-10-20-11-12-5-6-12;/h12,17H,3-11H2,1-2H3,(H2,14,15,16);1H. The molecule has 1 aliphatic rings. The van der Waals surface area contributed by atoms with E-state index in [0.29, 0.717) is 19.0 Å². The number of nitrogens with zero attached hydrogens (tertiary/aromatic N) is 1. The Kier molecular flexibility index (Phi) is 12.2. The molecular weight excluding hydrogens is 419 g/mol. The molecule has 0 aliphatic heterocycles. The average molecular weight is 448 g/mol. The first-order chi connectivity index (χ1) is 10.1. The van der Waals surface area contributed by atoms with Crippen LogP contribution in [0, 0.1) is 5.92 Å². The van der Waals surface area contributed by atoms with Gasteiger partial charge < -0.3 is 15.4 Å². The molecule has 7 nitrogen and oxygen atoms in total. The van der Waals surface area contributed by atoms with Gasteiger partial charge in [0.05, 0.1) is 5.75 Å². The van der Waals surface area contributed by atoms with Gasteiger partial charge in [0.25, 0.3) is 0 Å². The van der Waals surface area contributed by atoms with Gasteiger partial charge in [0, 0.05) is 39.9 Å². The number of halogens is 1. The van der Waals surface area contributed by atoms with E-state index in [-0.39, 0.29) is 29.7 Å². The third-order valence-electron chi connectivity index (χ3n) is 3.15. The van der Waals surface area contributed by atoms with E-state index in [2.05, 4.69) is 20.3 Å². The van der Waals surface area contributed by atoms with Crippen molar-refractivity contribution in [2.24, 2.45) is 10.9 Å². The number of sulfonamides is 1. The van der Waals surface area contributed by atoms with Gasteiger partial charge in [-0.05, 0) is 32.1 Å². The Hall–Kier alpha value is -0.130. The zero-order valence-electron chi connectivity index (χ0n) is 13.4. The minimum atomic E-state index is -3.12. The summed E-state index contributed by atoms with van der Waals surface area (Å²) in [6, 6.07) is 0. The number of ether oxygens (including phenoxy) is 1. The minimum absolute atomic E-state index is 0. The summed E-state index contributed by atoms with van der Waals surface area (Å²) in [6.45, 7) is 4.90. The molecule has 9 heteroatoms. The van der Waals surface area contributed by atoms with E-state index in [9.17, 15) is 8.42 Å². The number of aliphatic imine (C=N–C) groups is 1. The summed E-state index contributed by atoms with van der Waals surface area (Å²) in [7, 11) is -1.43. The largest absolute Gasteiger partial charge is 0.381 e. The fourth-order valence-corrected chi connectivity index (χ4v) is 2.24. The molecule has 0 aromatic heterocycles. The zero-order valence-corrected chi connectivity index (χ0v) is 16.6. The Morgan fingerprint density at radius 3 is 2.50 bits per heavy atom. The fraction of sp³-hybridized carbons (Fsp3) is 0.923. The quantitative estimate of drug-likeness (QED) is 0.186. The van der Waals surface area contributed by atoms with E-state index in [1.165, 1.54) is 12.8 Å². The molecule has 0 aromatic rings. The molecule has 0 saturated heterocycles. The lowest BCUT2D eigenvalue weighted by Crippen LogP contribution is -2.42. The maximum absolute atomic E-state index is 11.2. The van der Waals surface area contributed by atoms with Crippen molar-refractivity contribution in [1.82, 2.24) is 15.4 Å². The summed E-state index contributed by atoms with van der Waals surface area (Å²) < 4.78 is 30.5. The molecule has 0 radical (unpaired) electrons. The second-order valence-corrected chi connectivity index (χ2v) is 7.19. The van der Waals surface area contributed by atoms with E-state index >= 15 is 0 Å². The van der Waals surface area contributed by atoms with Gasteiger partial charge in [-0.1, -0.05) is 0 Å². The smallest absolute Gasteiger partial charge is 0.211 e. The first-order valence-electron chi connectivity index (χ1n) is 7.57. The molecule has 0 spiro atoms. The molecule has 22 heavy (non-hydrogen) atoms. The first-order valence-corrected chi connectivity index (χ1v) is 9.22. The van der Waals surface area contributed by atoms with Gasteiger partial charge in [-0.2, -0.15) is 0 Å². The average Bonchev–Trinajstić information content (AvgIpc) is 3.29. The molecule has 1 saturated carbocycles. The normalized spacial score (nSPS) is 15.3. The summed E-state index contributed by atoms with van der Waals surface area (Å²) in [4.78, 5) is 4.07. The van der Waals surface area contributed by atoms with Gasteiger partial charge in [0.2, 0.25) is 10.0 Å². The van der Waals surface area contributed by atoms with E-state index in [1.54, 1.807) is 14.0 Å². The molecular formula is C13H29IN4O3S. The van der Waals surface area contributed by atoms with E-state index < -0.39 is 10.0 Å². The molecule has 0 unspecified atom stereocenters. The minimum Gasteiger partial charge on any atom is -0.381 e. The Labute approximate surface area is 151 Å². The molecule has 3 N–H and O–H groups in total. The van der Waals surface area contributed by atoms with Crippen LogP contribution in [0.4, 0.5) is 0 Å². The Morgan fingerprint density at radius 1 is 1.23 bits per heavy atom. The number of nitrogens with one attached hydrogen (secondary N) is 3. The predicted octanol–water partition coefficient (Wildman–Crippen LogP) is 0.525. The Balaban J connectivity index is 0.00000441. The van der Waals surface area contributed by atoms with Crippen LogP contribution in [0.3, 0.4) is 0 Å². The summed E-state index contributed by atoms with van der Waals surface area (Å²) in [5.41, 5.74) is 0. The summed E-state index contributed by atoms with van der Waals surface area (Å²) in [5.74, 6) is 1.58. The van der Waals surface area contributed by atoms with Crippen molar-refractivity contribution in [3.8, 4) is 0 Å². The van der Waals surface area contributed by atoms with E-state index in [0.717, 1.165) is 32.1 Å². The molecule has 132 valence electrons. The van der Waals surface area contributed by atoms with Crippen LogP contribution < -0.4 is 15.4 Å². The number of rotatable bonds is 11. The lowest BCUT2D eigenvalue weighted by Gasteiger charge is -2.12. The van der Waals surface area contributed by atoms with E-state index in [1.807, 2.05) is 0 Å². The van der Waals surface area contributed by atoms with Crippen LogP contribution in [0.2, 0.25) is 0 Å². The van der Waals surface area contributed by atoms with Gasteiger partial charge in [0.1, 0.15) is 0 Å². The molecule has 1 rings (SSSR count). The molecule has 0 amide bonds. The summed E-state index contributed by atoms with van der Waals surface area (Å²) in [6.07, 6.45) is 3.56. The molecule has 0 atom stereocenters. The zero-order chi connectivity index (χ0) is 15.6. The monoisotopic (exact) mass is 448 g/mol. The highest BCUT2D eigenvalue weighted by molar-refractivity contribution is 14.0. The van der Waals surface area contributed by atoms with Crippen molar-refractivity contribution in [2.75, 3.05) is 45.6 Å². The molecule has 0 heterocycles. The van der Waals surface area contributed by atoms with Crippen molar-refractivity contribution in [3.63, 3.8) is 0 Å². The van der Waals surface area contributed by atoms with Crippen LogP contribution in [0.25, 0.3) is 0 Å². The van der Waals surface area contributed by atoms with Crippen LogP contribution in [-0.4, -0.2) is 60.0 Å². The van der Waals surface area contributed by atoms with Crippen molar-refractivity contribution >= 4 is 40.0 Å². The second kappa shape index (κ2) is 12.3. The van der Waals surface area contributed by atoms with Crippen LogP contribution in [0.1, 0.15) is 26.2 Å². The van der Waals surface area contributed by atoms with Crippen molar-refractivity contribution in [3.05, 3.63) is 0 Å². The van der Waals surface area contributed by atoms with Gasteiger partial charge in [-0.25, -0.2) is 13.1 Å². The number of hydrogen-bond donors (Lipinski definition) is 3. The topological polar surface area (TPSA) is 91.8 Å². The third-order valence-corrected chi connectivity index (χ3v) is 4.56. The molecule has 0 aromatic carbocycles. The van der Waals surface area contributed by atoms with Gasteiger partial charge >= 0.3 is 0 Å². The van der Waals surface area contributed by atoms with Gasteiger partial charge in [-0.3, -0.25) is 4.99 Å². The SMILES string of the molecule is CCS(=O)(=O)NCCNC(=NC)NCCCOCC1CC1.I. The lowest BCUT2D eigenvalue weighted by atomic mass is 10.4. The van der Waals surface area contributed by atoms with Crippen LogP contribution in [0.5, 0.6) is 0 Å². The Bertz CT molecular complexity index is 414. The first kappa shape index (κ1) is 21.9. The Morgan fingerprint density at radius 2 is 1.91 bits per heavy atom. The van der Waals surface area contributed by atoms with Crippen molar-refractivity contribution < 1.29 is 13.2 Å². The maximum atomic E-state index is 11.2. The molecule has 1 aliphatic carbocycles. The molecule has 0 bridgehead atoms. The van der Waals surface area contributed by atoms with E-state index in [4.69, 9.17) is 4.74 Å². The van der Waals surface area contributed by atoms with Crippen LogP contribution in [0.15, 0.2) is 4.99 Å². The lowest BCUT2D eigenvalue weighted by molar-refractivity contribution is 0.123. The van der Waals surface area contributed by atoms with Crippen molar-refractivity contribution in [2.45, 2.75) is 26.2 Å². The van der Waals surface area contributed by atoms with Crippen LogP contribution >= 0.6 is 24.0 Å². The fourth-order valence-electron chi connectivity index (χ4n) is 1.63. The highest BCUT2D eigenvalue weighted by atomic mass is 127. The highest BCUT2D eigenvalue weighted by Gasteiger charge is 2.20. The van der Waals surface area contributed by atoms with Gasteiger partial charge in [0.15, 0.2) is 5.96 Å². The van der Waals surface area contributed by atoms with Crippen LogP contribution in [-0.2, 0) is 14.8 Å². The molecule has 1 fully saturated rings. The number of hydrogen-bond acceptors (Lipinski definition) is 4. The van der Waals surface area contributed by atoms with Crippen molar-refractivity contribution in [1.29, 1.82) is 0 Å². The number of guanidine groups is 1. The maximum Gasteiger partial charge on any atom is 0.211 e. The third kappa shape index (κ3) is 11.4. The predicted molar refractivity (Wildman–Crippen MR) is 100 cm³/mol. The summed E-state index contributed by atoms with van der Waals surface area (Å²) in [5, 5.41) is 6.22.